The summed E-state index contributed by atoms with van der Waals surface area (Å²) in [6.45, 7) is 2.72. The number of anilines is 1. The molecule has 0 aliphatic carbocycles. The van der Waals surface area contributed by atoms with Crippen molar-refractivity contribution in [2.24, 2.45) is 5.73 Å². The van der Waals surface area contributed by atoms with Crippen molar-refractivity contribution >= 4 is 35.6 Å². The summed E-state index contributed by atoms with van der Waals surface area (Å²) in [6.07, 6.45) is 2.47. The number of fused-ring (bicyclic) bond motifs is 1. The fourth-order valence-electron chi connectivity index (χ4n) is 2.26. The molecule has 18 heavy (non-hydrogen) atoms. The van der Waals surface area contributed by atoms with Crippen molar-refractivity contribution < 1.29 is 4.79 Å². The normalized spacial score (nSPS) is 14.9. The zero-order valence-electron chi connectivity index (χ0n) is 10.4. The van der Waals surface area contributed by atoms with E-state index in [4.69, 9.17) is 17.3 Å². The van der Waals surface area contributed by atoms with Gasteiger partial charge in [-0.3, -0.25) is 4.79 Å². The SMILES string of the molecule is CCCC(N)C(=O)N1CCc2c(Cl)cccc21.Cl. The van der Waals surface area contributed by atoms with Gasteiger partial charge >= 0.3 is 0 Å². The van der Waals surface area contributed by atoms with Gasteiger partial charge in [-0.2, -0.15) is 0 Å². The number of nitrogens with zero attached hydrogens (tertiary/aromatic N) is 1. The van der Waals surface area contributed by atoms with Crippen molar-refractivity contribution in [1.29, 1.82) is 0 Å². The number of hydrogen-bond acceptors (Lipinski definition) is 2. The molecule has 0 saturated carbocycles. The summed E-state index contributed by atoms with van der Waals surface area (Å²) in [7, 11) is 0. The maximum absolute atomic E-state index is 12.2. The average Bonchev–Trinajstić information content (AvgIpc) is 2.73. The number of nitrogens with two attached hydrogens (primary N) is 1. The van der Waals surface area contributed by atoms with Crippen LogP contribution >= 0.6 is 24.0 Å². The Labute approximate surface area is 119 Å². The molecule has 0 bridgehead atoms. The van der Waals surface area contributed by atoms with Crippen LogP contribution in [0.2, 0.25) is 5.02 Å². The summed E-state index contributed by atoms with van der Waals surface area (Å²) in [5.41, 5.74) is 7.86. The van der Waals surface area contributed by atoms with Crippen molar-refractivity contribution in [2.45, 2.75) is 32.2 Å². The lowest BCUT2D eigenvalue weighted by molar-refractivity contribution is -0.119. The fraction of sp³-hybridized carbons (Fsp3) is 0.462. The molecule has 2 N–H and O–H groups in total. The highest BCUT2D eigenvalue weighted by molar-refractivity contribution is 6.32. The monoisotopic (exact) mass is 288 g/mol. The number of carbonyl (C=O) groups is 1. The largest absolute Gasteiger partial charge is 0.320 e. The lowest BCUT2D eigenvalue weighted by Crippen LogP contribution is -2.43. The minimum absolute atomic E-state index is 0. The summed E-state index contributed by atoms with van der Waals surface area (Å²) in [6, 6.07) is 5.27. The molecule has 1 aliphatic heterocycles. The Hall–Kier alpha value is -0.770. The highest BCUT2D eigenvalue weighted by Gasteiger charge is 2.28. The topological polar surface area (TPSA) is 46.3 Å². The van der Waals surface area contributed by atoms with Crippen LogP contribution in [-0.4, -0.2) is 18.5 Å². The van der Waals surface area contributed by atoms with Crippen molar-refractivity contribution in [1.82, 2.24) is 0 Å². The van der Waals surface area contributed by atoms with Gasteiger partial charge in [0.25, 0.3) is 0 Å². The second-order valence-corrected chi connectivity index (χ2v) is 4.78. The molecule has 1 aliphatic rings. The molecule has 2 rings (SSSR count). The van der Waals surface area contributed by atoms with Crippen molar-refractivity contribution in [3.8, 4) is 0 Å². The third-order valence-electron chi connectivity index (χ3n) is 3.15. The Morgan fingerprint density at radius 2 is 2.28 bits per heavy atom. The molecule has 0 spiro atoms. The summed E-state index contributed by atoms with van der Waals surface area (Å²) in [4.78, 5) is 13.9. The van der Waals surface area contributed by atoms with Crippen molar-refractivity contribution in [3.05, 3.63) is 28.8 Å². The maximum Gasteiger partial charge on any atom is 0.243 e. The first-order valence-corrected chi connectivity index (χ1v) is 6.37. The first-order valence-electron chi connectivity index (χ1n) is 5.99. The second kappa shape index (κ2) is 6.41. The van der Waals surface area contributed by atoms with E-state index in [9.17, 15) is 4.79 Å². The van der Waals surface area contributed by atoms with Gasteiger partial charge in [-0.1, -0.05) is 31.0 Å². The molecule has 0 radical (unpaired) electrons. The van der Waals surface area contributed by atoms with Crippen molar-refractivity contribution in [2.75, 3.05) is 11.4 Å². The van der Waals surface area contributed by atoms with Crippen LogP contribution in [-0.2, 0) is 11.2 Å². The van der Waals surface area contributed by atoms with Gasteiger partial charge in [-0.15, -0.1) is 12.4 Å². The molecule has 0 fully saturated rings. The van der Waals surface area contributed by atoms with Crippen molar-refractivity contribution in [3.63, 3.8) is 0 Å². The Balaban J connectivity index is 0.00000162. The predicted octanol–water partition coefficient (Wildman–Crippen LogP) is 2.78. The molecule has 1 unspecified atom stereocenters. The van der Waals surface area contributed by atoms with E-state index in [1.165, 1.54) is 0 Å². The van der Waals surface area contributed by atoms with Crippen LogP contribution in [0.5, 0.6) is 0 Å². The smallest absolute Gasteiger partial charge is 0.243 e. The predicted molar refractivity (Wildman–Crippen MR) is 77.6 cm³/mol. The van der Waals surface area contributed by atoms with Gasteiger partial charge in [0.15, 0.2) is 0 Å². The van der Waals surface area contributed by atoms with E-state index in [0.717, 1.165) is 35.5 Å². The quantitative estimate of drug-likeness (QED) is 0.930. The first kappa shape index (κ1) is 15.3. The van der Waals surface area contributed by atoms with E-state index < -0.39 is 6.04 Å². The van der Waals surface area contributed by atoms with Crippen LogP contribution in [0.3, 0.4) is 0 Å². The highest BCUT2D eigenvalue weighted by Crippen LogP contribution is 2.33. The first-order chi connectivity index (χ1) is 8.15. The molecule has 100 valence electrons. The van der Waals surface area contributed by atoms with Gasteiger partial charge in [0.1, 0.15) is 0 Å². The lowest BCUT2D eigenvalue weighted by atomic mass is 10.1. The van der Waals surface area contributed by atoms with Gasteiger partial charge < -0.3 is 10.6 Å². The van der Waals surface area contributed by atoms with Crippen LogP contribution < -0.4 is 10.6 Å². The minimum Gasteiger partial charge on any atom is -0.320 e. The highest BCUT2D eigenvalue weighted by atomic mass is 35.5. The lowest BCUT2D eigenvalue weighted by Gasteiger charge is -2.21. The molecular formula is C13H18Cl2N2O. The van der Waals surface area contributed by atoms with E-state index in [-0.39, 0.29) is 18.3 Å². The summed E-state index contributed by atoms with van der Waals surface area (Å²) >= 11 is 6.11. The number of benzene rings is 1. The molecular weight excluding hydrogens is 271 g/mol. The average molecular weight is 289 g/mol. The summed E-state index contributed by atoms with van der Waals surface area (Å²) in [5, 5.41) is 0.738. The third-order valence-corrected chi connectivity index (χ3v) is 3.51. The van der Waals surface area contributed by atoms with Crippen LogP contribution in [0, 0.1) is 0 Å². The van der Waals surface area contributed by atoms with Gasteiger partial charge in [-0.25, -0.2) is 0 Å². The Kier molecular flexibility index (Phi) is 5.45. The molecule has 1 aromatic carbocycles. The molecule has 1 amide bonds. The maximum atomic E-state index is 12.2. The molecule has 1 atom stereocenters. The fourth-order valence-corrected chi connectivity index (χ4v) is 2.52. The number of rotatable bonds is 3. The number of carbonyl (C=O) groups excluding carboxylic acids is 1. The molecule has 0 aromatic heterocycles. The van der Waals surface area contributed by atoms with Gasteiger partial charge in [0.05, 0.1) is 6.04 Å². The number of halogens is 2. The third kappa shape index (κ3) is 2.79. The number of hydrogen-bond donors (Lipinski definition) is 1. The van der Waals surface area contributed by atoms with Gasteiger partial charge in [-0.05, 0) is 30.5 Å². The Morgan fingerprint density at radius 3 is 2.94 bits per heavy atom. The minimum atomic E-state index is -0.398. The molecule has 5 heteroatoms. The summed E-state index contributed by atoms with van der Waals surface area (Å²) < 4.78 is 0. The van der Waals surface area contributed by atoms with E-state index in [1.54, 1.807) is 4.90 Å². The molecule has 0 saturated heterocycles. The van der Waals surface area contributed by atoms with Gasteiger partial charge in [0.2, 0.25) is 5.91 Å². The van der Waals surface area contributed by atoms with E-state index >= 15 is 0 Å². The zero-order valence-corrected chi connectivity index (χ0v) is 11.9. The molecule has 3 nitrogen and oxygen atoms in total. The zero-order chi connectivity index (χ0) is 12.4. The number of amides is 1. The van der Waals surface area contributed by atoms with E-state index in [0.29, 0.717) is 6.54 Å². The standard InChI is InChI=1S/C13H17ClN2O.ClH/c1-2-4-11(15)13(17)16-8-7-9-10(14)5-3-6-12(9)16;/h3,5-6,11H,2,4,7-8,15H2,1H3;1H. The molecule has 1 aromatic rings. The summed E-state index contributed by atoms with van der Waals surface area (Å²) in [5.74, 6) is 0.00728. The molecule has 1 heterocycles. The van der Waals surface area contributed by atoms with Gasteiger partial charge in [0, 0.05) is 17.3 Å². The van der Waals surface area contributed by atoms with Crippen LogP contribution in [0.4, 0.5) is 5.69 Å². The second-order valence-electron chi connectivity index (χ2n) is 4.37. The van der Waals surface area contributed by atoms with E-state index in [1.807, 2.05) is 25.1 Å². The van der Waals surface area contributed by atoms with E-state index in [2.05, 4.69) is 0 Å². The van der Waals surface area contributed by atoms with Crippen LogP contribution in [0.1, 0.15) is 25.3 Å². The van der Waals surface area contributed by atoms with Crippen LogP contribution in [0.15, 0.2) is 18.2 Å². The Bertz CT molecular complexity index is 437. The Morgan fingerprint density at radius 1 is 1.56 bits per heavy atom. The van der Waals surface area contributed by atoms with Crippen LogP contribution in [0.25, 0.3) is 0 Å².